The number of hydrogen-bond donors (Lipinski definition) is 1. The number of aromatic carboxylic acids is 1. The molecule has 1 unspecified atom stereocenters. The number of carboxylic acid groups (broad SMARTS) is 1. The van der Waals surface area contributed by atoms with Crippen molar-refractivity contribution in [2.75, 3.05) is 26.4 Å². The first-order valence-corrected chi connectivity index (χ1v) is 6.99. The van der Waals surface area contributed by atoms with Gasteiger partial charge in [0.25, 0.3) is 5.91 Å². The summed E-state index contributed by atoms with van der Waals surface area (Å²) in [5.74, 6) is -1.00. The first-order valence-electron chi connectivity index (χ1n) is 6.99. The molecule has 0 aromatic heterocycles. The monoisotopic (exact) mass is 291 g/mol. The molecule has 0 saturated carbocycles. The third kappa shape index (κ3) is 2.77. The Morgan fingerprint density at radius 1 is 1.29 bits per heavy atom. The number of fused-ring (bicyclic) bond motifs is 1. The van der Waals surface area contributed by atoms with Gasteiger partial charge in [-0.25, -0.2) is 4.79 Å². The molecule has 0 radical (unpaired) electrons. The molecular weight excluding hydrogens is 274 g/mol. The number of ether oxygens (including phenoxy) is 2. The molecule has 1 N–H and O–H groups in total. The van der Waals surface area contributed by atoms with Crippen LogP contribution in [0, 0.1) is 0 Å². The van der Waals surface area contributed by atoms with Gasteiger partial charge >= 0.3 is 5.97 Å². The molecule has 21 heavy (non-hydrogen) atoms. The van der Waals surface area contributed by atoms with Crippen LogP contribution in [0.15, 0.2) is 18.2 Å². The van der Waals surface area contributed by atoms with Gasteiger partial charge in [-0.1, -0.05) is 12.1 Å². The van der Waals surface area contributed by atoms with Gasteiger partial charge in [0.15, 0.2) is 6.10 Å². The van der Waals surface area contributed by atoms with Crippen molar-refractivity contribution < 1.29 is 24.2 Å². The lowest BCUT2D eigenvalue weighted by Crippen LogP contribution is -2.47. The lowest BCUT2D eigenvalue weighted by atomic mass is 9.94. The van der Waals surface area contributed by atoms with E-state index >= 15 is 0 Å². The highest BCUT2D eigenvalue weighted by molar-refractivity contribution is 5.90. The van der Waals surface area contributed by atoms with Gasteiger partial charge in [0.1, 0.15) is 0 Å². The Morgan fingerprint density at radius 3 is 2.86 bits per heavy atom. The van der Waals surface area contributed by atoms with Gasteiger partial charge in [-0.15, -0.1) is 0 Å². The highest BCUT2D eigenvalue weighted by Gasteiger charge is 2.30. The van der Waals surface area contributed by atoms with E-state index in [0.717, 1.165) is 11.1 Å². The summed E-state index contributed by atoms with van der Waals surface area (Å²) in [6, 6.07) is 5.20. The summed E-state index contributed by atoms with van der Waals surface area (Å²) < 4.78 is 10.7. The number of carboxylic acids is 1. The highest BCUT2D eigenvalue weighted by atomic mass is 16.6. The number of carbonyl (C=O) groups excluding carboxylic acids is 1. The van der Waals surface area contributed by atoms with Crippen LogP contribution in [0.2, 0.25) is 0 Å². The van der Waals surface area contributed by atoms with Crippen molar-refractivity contribution in [2.24, 2.45) is 0 Å². The summed E-state index contributed by atoms with van der Waals surface area (Å²) in [5.41, 5.74) is 2.05. The van der Waals surface area contributed by atoms with Gasteiger partial charge < -0.3 is 19.5 Å². The van der Waals surface area contributed by atoms with Crippen molar-refractivity contribution in [1.29, 1.82) is 0 Å². The lowest BCUT2D eigenvalue weighted by molar-refractivity contribution is -0.158. The SMILES string of the molecule is O=C(O)c1cccc2c1CCN(C(=O)C1COCCO1)C2. The molecule has 112 valence electrons. The molecule has 6 nitrogen and oxygen atoms in total. The van der Waals surface area contributed by atoms with Crippen LogP contribution in [0.4, 0.5) is 0 Å². The molecule has 3 rings (SSSR count). The van der Waals surface area contributed by atoms with Crippen LogP contribution in [0.3, 0.4) is 0 Å². The predicted octanol–water partition coefficient (Wildman–Crippen LogP) is 0.685. The van der Waals surface area contributed by atoms with Crippen LogP contribution in [0.25, 0.3) is 0 Å². The van der Waals surface area contributed by atoms with Crippen LogP contribution in [-0.2, 0) is 27.2 Å². The lowest BCUT2D eigenvalue weighted by Gasteiger charge is -2.33. The molecule has 2 heterocycles. The van der Waals surface area contributed by atoms with Crippen LogP contribution in [-0.4, -0.2) is 54.4 Å². The Morgan fingerprint density at radius 2 is 2.14 bits per heavy atom. The average Bonchev–Trinajstić information content (AvgIpc) is 2.53. The molecule has 2 aliphatic heterocycles. The minimum Gasteiger partial charge on any atom is -0.478 e. The predicted molar refractivity (Wildman–Crippen MR) is 73.1 cm³/mol. The third-order valence-electron chi connectivity index (χ3n) is 3.90. The van der Waals surface area contributed by atoms with Crippen molar-refractivity contribution in [3.63, 3.8) is 0 Å². The summed E-state index contributed by atoms with van der Waals surface area (Å²) in [6.45, 7) is 2.18. The largest absolute Gasteiger partial charge is 0.478 e. The van der Waals surface area contributed by atoms with E-state index in [0.29, 0.717) is 38.3 Å². The standard InChI is InChI=1S/C15H17NO5/c17-14(13-9-20-6-7-21-13)16-5-4-11-10(8-16)2-1-3-12(11)15(18)19/h1-3,13H,4-9H2,(H,18,19). The normalized spacial score (nSPS) is 21.7. The zero-order chi connectivity index (χ0) is 14.8. The van der Waals surface area contributed by atoms with Crippen LogP contribution < -0.4 is 0 Å². The fraction of sp³-hybridized carbons (Fsp3) is 0.467. The van der Waals surface area contributed by atoms with E-state index in [4.69, 9.17) is 9.47 Å². The molecule has 1 aromatic carbocycles. The smallest absolute Gasteiger partial charge is 0.335 e. The van der Waals surface area contributed by atoms with Gasteiger partial charge in [0.05, 0.1) is 25.4 Å². The summed E-state index contributed by atoms with van der Waals surface area (Å²) in [5, 5.41) is 9.20. The molecule has 1 fully saturated rings. The highest BCUT2D eigenvalue weighted by Crippen LogP contribution is 2.23. The molecule has 0 aliphatic carbocycles. The summed E-state index contributed by atoms with van der Waals surface area (Å²) in [6.07, 6.45) is 0.0138. The van der Waals surface area contributed by atoms with E-state index in [9.17, 15) is 14.7 Å². The first kappa shape index (κ1) is 14.0. The van der Waals surface area contributed by atoms with Gasteiger partial charge in [-0.2, -0.15) is 0 Å². The molecular formula is C15H17NO5. The molecule has 0 spiro atoms. The van der Waals surface area contributed by atoms with Gasteiger partial charge in [-0.3, -0.25) is 4.79 Å². The zero-order valence-electron chi connectivity index (χ0n) is 11.6. The molecule has 1 saturated heterocycles. The second-order valence-corrected chi connectivity index (χ2v) is 5.19. The maximum absolute atomic E-state index is 12.4. The maximum atomic E-state index is 12.4. The number of nitrogens with zero attached hydrogens (tertiary/aromatic N) is 1. The van der Waals surface area contributed by atoms with E-state index < -0.39 is 12.1 Å². The third-order valence-corrected chi connectivity index (χ3v) is 3.90. The Kier molecular flexibility index (Phi) is 3.90. The number of amides is 1. The first-order chi connectivity index (χ1) is 10.2. The second kappa shape index (κ2) is 5.83. The van der Waals surface area contributed by atoms with Crippen molar-refractivity contribution >= 4 is 11.9 Å². The average molecular weight is 291 g/mol. The number of hydrogen-bond acceptors (Lipinski definition) is 4. The quantitative estimate of drug-likeness (QED) is 0.867. The van der Waals surface area contributed by atoms with E-state index in [1.54, 1.807) is 17.0 Å². The molecule has 1 atom stereocenters. The minimum absolute atomic E-state index is 0.0823. The topological polar surface area (TPSA) is 76.1 Å². The molecule has 6 heteroatoms. The van der Waals surface area contributed by atoms with Gasteiger partial charge in [-0.05, 0) is 23.6 Å². The van der Waals surface area contributed by atoms with E-state index in [1.807, 2.05) is 6.07 Å². The zero-order valence-corrected chi connectivity index (χ0v) is 11.6. The summed E-state index contributed by atoms with van der Waals surface area (Å²) in [7, 11) is 0. The van der Waals surface area contributed by atoms with E-state index in [-0.39, 0.29) is 12.5 Å². The van der Waals surface area contributed by atoms with Crippen molar-refractivity contribution in [3.8, 4) is 0 Å². The number of carbonyl (C=O) groups is 2. The van der Waals surface area contributed by atoms with E-state index in [1.165, 1.54) is 0 Å². The number of benzene rings is 1. The van der Waals surface area contributed by atoms with E-state index in [2.05, 4.69) is 0 Å². The Balaban J connectivity index is 1.77. The fourth-order valence-corrected chi connectivity index (χ4v) is 2.83. The minimum atomic E-state index is -0.921. The van der Waals surface area contributed by atoms with Crippen molar-refractivity contribution in [1.82, 2.24) is 4.90 Å². The Hall–Kier alpha value is -1.92. The molecule has 2 aliphatic rings. The van der Waals surface area contributed by atoms with Crippen molar-refractivity contribution in [3.05, 3.63) is 34.9 Å². The summed E-state index contributed by atoms with van der Waals surface area (Å²) in [4.78, 5) is 25.3. The van der Waals surface area contributed by atoms with Gasteiger partial charge in [0, 0.05) is 13.1 Å². The maximum Gasteiger partial charge on any atom is 0.335 e. The molecule has 1 aromatic rings. The number of rotatable bonds is 2. The fourth-order valence-electron chi connectivity index (χ4n) is 2.83. The van der Waals surface area contributed by atoms with Gasteiger partial charge in [0.2, 0.25) is 0 Å². The van der Waals surface area contributed by atoms with Crippen molar-refractivity contribution in [2.45, 2.75) is 19.1 Å². The summed E-state index contributed by atoms with van der Waals surface area (Å²) >= 11 is 0. The molecule has 1 amide bonds. The Bertz CT molecular complexity index is 565. The van der Waals surface area contributed by atoms with Crippen LogP contribution >= 0.6 is 0 Å². The Labute approximate surface area is 122 Å². The van der Waals surface area contributed by atoms with Crippen LogP contribution in [0.5, 0.6) is 0 Å². The molecule has 0 bridgehead atoms. The second-order valence-electron chi connectivity index (χ2n) is 5.19. The van der Waals surface area contributed by atoms with Crippen LogP contribution in [0.1, 0.15) is 21.5 Å².